The van der Waals surface area contributed by atoms with Crippen LogP contribution in [0, 0.1) is 13.8 Å². The van der Waals surface area contributed by atoms with Crippen LogP contribution in [-0.4, -0.2) is 49.1 Å². The number of hydrogen-bond donors (Lipinski definition) is 3. The maximum Gasteiger partial charge on any atom is 0.277 e. The smallest absolute Gasteiger partial charge is 0.277 e. The fraction of sp³-hybridized carbons (Fsp3) is 0.212. The monoisotopic (exact) mass is 558 g/mol. The van der Waals surface area contributed by atoms with E-state index in [1.54, 1.807) is 18.5 Å². The predicted molar refractivity (Wildman–Crippen MR) is 164 cm³/mol. The summed E-state index contributed by atoms with van der Waals surface area (Å²) in [6.07, 6.45) is 5.84. The average Bonchev–Trinajstić information content (AvgIpc) is 3.61. The maximum absolute atomic E-state index is 12.2. The Bertz CT molecular complexity index is 2010. The van der Waals surface area contributed by atoms with Crippen LogP contribution in [0.5, 0.6) is 0 Å². The topological polar surface area (TPSA) is 120 Å². The maximum atomic E-state index is 12.2. The van der Waals surface area contributed by atoms with Gasteiger partial charge in [0, 0.05) is 54.9 Å². The summed E-state index contributed by atoms with van der Waals surface area (Å²) >= 11 is 0. The molecule has 0 bridgehead atoms. The number of β-amino-alcohol motifs (C(OH)–C–C–N with tert-alkyl or cyclic N) is 1. The van der Waals surface area contributed by atoms with E-state index in [4.69, 9.17) is 9.40 Å². The summed E-state index contributed by atoms with van der Waals surface area (Å²) in [5, 5.41) is 14.4. The highest BCUT2D eigenvalue weighted by atomic mass is 16.3. The van der Waals surface area contributed by atoms with Crippen molar-refractivity contribution >= 4 is 33.5 Å². The van der Waals surface area contributed by atoms with E-state index in [0.717, 1.165) is 69.5 Å². The second-order valence-corrected chi connectivity index (χ2v) is 10.9. The Morgan fingerprint density at radius 3 is 2.64 bits per heavy atom. The second kappa shape index (κ2) is 10.5. The highest BCUT2D eigenvalue weighted by Gasteiger charge is 2.21. The second-order valence-electron chi connectivity index (χ2n) is 10.9. The predicted octanol–water partition coefficient (Wildman–Crippen LogP) is 5.72. The van der Waals surface area contributed by atoms with Crippen LogP contribution in [0.4, 0.5) is 11.5 Å². The molecule has 1 saturated heterocycles. The highest BCUT2D eigenvalue weighted by molar-refractivity contribution is 5.91. The van der Waals surface area contributed by atoms with Crippen LogP contribution in [0.15, 0.2) is 82.4 Å². The molecule has 210 valence electrons. The molecule has 6 aromatic rings. The molecule has 0 spiro atoms. The van der Waals surface area contributed by atoms with Gasteiger partial charge in [-0.25, -0.2) is 9.97 Å². The summed E-state index contributed by atoms with van der Waals surface area (Å²) in [5.74, 6) is 1.11. The van der Waals surface area contributed by atoms with Crippen molar-refractivity contribution in [1.29, 1.82) is 0 Å². The van der Waals surface area contributed by atoms with Gasteiger partial charge in [-0.3, -0.25) is 14.7 Å². The van der Waals surface area contributed by atoms with Gasteiger partial charge < -0.3 is 19.8 Å². The molecule has 5 heterocycles. The van der Waals surface area contributed by atoms with Crippen molar-refractivity contribution in [2.75, 3.05) is 18.4 Å². The molecule has 0 unspecified atom stereocenters. The number of aliphatic hydroxyl groups excluding tert-OH is 1. The highest BCUT2D eigenvalue weighted by Crippen LogP contribution is 2.37. The van der Waals surface area contributed by atoms with Crippen molar-refractivity contribution in [2.45, 2.75) is 32.9 Å². The van der Waals surface area contributed by atoms with Gasteiger partial charge in [0.15, 0.2) is 16.9 Å². The van der Waals surface area contributed by atoms with E-state index in [0.29, 0.717) is 23.8 Å². The van der Waals surface area contributed by atoms with Crippen molar-refractivity contribution in [3.05, 3.63) is 100 Å². The third-order valence-corrected chi connectivity index (χ3v) is 8.07. The molecular formula is C33H30N6O3. The largest absolute Gasteiger partial charge is 0.436 e. The van der Waals surface area contributed by atoms with Crippen LogP contribution in [0.1, 0.15) is 23.1 Å². The van der Waals surface area contributed by atoms with E-state index in [1.165, 1.54) is 0 Å². The van der Waals surface area contributed by atoms with Gasteiger partial charge in [0.1, 0.15) is 5.52 Å². The lowest BCUT2D eigenvalue weighted by Crippen LogP contribution is -2.21. The summed E-state index contributed by atoms with van der Waals surface area (Å²) in [6, 6.07) is 18.0. The third kappa shape index (κ3) is 4.72. The van der Waals surface area contributed by atoms with Gasteiger partial charge >= 0.3 is 0 Å². The molecule has 0 radical (unpaired) electrons. The number of nitrogens with zero attached hydrogens (tertiary/aromatic N) is 4. The molecule has 1 atom stereocenters. The SMILES string of the molecule is Cc1c(Nc2nccc3cc(CN4CC[C@@H](O)C4)cnc23)cccc1-c1cccc(-c2nc3c(=O)[nH]ccc3o2)c1C. The first-order chi connectivity index (χ1) is 20.4. The zero-order valence-corrected chi connectivity index (χ0v) is 23.4. The number of nitrogens with one attached hydrogen (secondary N) is 2. The minimum atomic E-state index is -0.273. The van der Waals surface area contributed by atoms with Gasteiger partial charge in [-0.2, -0.15) is 0 Å². The normalized spacial score (nSPS) is 15.5. The van der Waals surface area contributed by atoms with E-state index in [2.05, 4.69) is 50.3 Å². The molecule has 7 rings (SSSR count). The Labute approximate surface area is 241 Å². The van der Waals surface area contributed by atoms with Gasteiger partial charge in [-0.05, 0) is 78.4 Å². The van der Waals surface area contributed by atoms with Crippen LogP contribution in [-0.2, 0) is 6.54 Å². The van der Waals surface area contributed by atoms with Gasteiger partial charge in [-0.15, -0.1) is 0 Å². The van der Waals surface area contributed by atoms with Gasteiger partial charge in [0.25, 0.3) is 5.56 Å². The summed E-state index contributed by atoms with van der Waals surface area (Å²) in [4.78, 5) is 31.0. The lowest BCUT2D eigenvalue weighted by molar-refractivity contribution is 0.175. The molecule has 1 fully saturated rings. The molecule has 9 nitrogen and oxygen atoms in total. The number of aliphatic hydroxyl groups is 1. The molecule has 0 amide bonds. The zero-order valence-electron chi connectivity index (χ0n) is 23.4. The van der Waals surface area contributed by atoms with Crippen LogP contribution in [0.2, 0.25) is 0 Å². The number of anilines is 2. The summed E-state index contributed by atoms with van der Waals surface area (Å²) in [7, 11) is 0. The first kappa shape index (κ1) is 26.1. The number of aromatic amines is 1. The van der Waals surface area contributed by atoms with E-state index in [9.17, 15) is 9.90 Å². The van der Waals surface area contributed by atoms with E-state index < -0.39 is 0 Å². The minimum absolute atomic E-state index is 0.239. The number of benzene rings is 2. The Morgan fingerprint density at radius 2 is 1.83 bits per heavy atom. The van der Waals surface area contributed by atoms with Crippen LogP contribution in [0.25, 0.3) is 44.6 Å². The fourth-order valence-corrected chi connectivity index (χ4v) is 5.83. The molecule has 1 aliphatic heterocycles. The number of aromatic nitrogens is 4. The first-order valence-corrected chi connectivity index (χ1v) is 14.0. The quantitative estimate of drug-likeness (QED) is 0.237. The number of pyridine rings is 3. The van der Waals surface area contributed by atoms with E-state index >= 15 is 0 Å². The Morgan fingerprint density at radius 1 is 1.02 bits per heavy atom. The van der Waals surface area contributed by atoms with Crippen molar-refractivity contribution in [2.24, 2.45) is 0 Å². The average molecular weight is 559 g/mol. The molecule has 9 heteroatoms. The van der Waals surface area contributed by atoms with Gasteiger partial charge in [0.05, 0.1) is 6.10 Å². The number of rotatable bonds is 6. The van der Waals surface area contributed by atoms with Gasteiger partial charge in [0.2, 0.25) is 5.89 Å². The molecular weight excluding hydrogens is 528 g/mol. The lowest BCUT2D eigenvalue weighted by Gasteiger charge is -2.17. The fourth-order valence-electron chi connectivity index (χ4n) is 5.83. The van der Waals surface area contributed by atoms with Crippen molar-refractivity contribution in [3.63, 3.8) is 0 Å². The molecule has 3 N–H and O–H groups in total. The number of fused-ring (bicyclic) bond motifs is 2. The number of oxazole rings is 1. The summed E-state index contributed by atoms with van der Waals surface area (Å²) in [6.45, 7) is 6.50. The Kier molecular flexibility index (Phi) is 6.53. The van der Waals surface area contributed by atoms with Crippen molar-refractivity contribution < 1.29 is 9.52 Å². The van der Waals surface area contributed by atoms with E-state index in [-0.39, 0.29) is 17.2 Å². The Hall–Kier alpha value is -4.86. The summed E-state index contributed by atoms with van der Waals surface area (Å²) < 4.78 is 5.96. The lowest BCUT2D eigenvalue weighted by atomic mass is 9.93. The molecule has 0 aliphatic carbocycles. The standard InChI is InChI=1S/C33H30N6O3/c1-19-24(5-3-7-26(19)33-38-30-28(42-33)10-13-35-32(30)41)25-6-4-8-27(20(25)2)37-31-29-22(9-12-34-31)15-21(16-36-29)17-39-14-11-23(40)18-39/h3-10,12-13,15-16,23,40H,11,14,17-18H2,1-2H3,(H,34,37)(H,35,41)/t23-/m1/s1. The number of H-pyrrole nitrogens is 1. The zero-order chi connectivity index (χ0) is 28.8. The first-order valence-electron chi connectivity index (χ1n) is 14.0. The molecule has 2 aromatic carbocycles. The molecule has 4 aromatic heterocycles. The van der Waals surface area contributed by atoms with Crippen molar-refractivity contribution in [1.82, 2.24) is 24.8 Å². The van der Waals surface area contributed by atoms with Crippen LogP contribution >= 0.6 is 0 Å². The molecule has 1 aliphatic rings. The Balaban J connectivity index is 1.21. The minimum Gasteiger partial charge on any atom is -0.436 e. The number of hydrogen-bond acceptors (Lipinski definition) is 8. The number of likely N-dealkylation sites (tertiary alicyclic amines) is 1. The molecule has 0 saturated carbocycles. The molecule has 42 heavy (non-hydrogen) atoms. The third-order valence-electron chi connectivity index (χ3n) is 8.07. The summed E-state index contributed by atoms with van der Waals surface area (Å²) in [5.41, 5.74) is 8.34. The van der Waals surface area contributed by atoms with Crippen molar-refractivity contribution in [3.8, 4) is 22.6 Å². The van der Waals surface area contributed by atoms with E-state index in [1.807, 2.05) is 43.5 Å². The van der Waals surface area contributed by atoms with Crippen LogP contribution < -0.4 is 10.9 Å². The van der Waals surface area contributed by atoms with Gasteiger partial charge in [-0.1, -0.05) is 24.3 Å². The van der Waals surface area contributed by atoms with Crippen LogP contribution in [0.3, 0.4) is 0 Å².